The molecule has 0 bridgehead atoms. The fourth-order valence-corrected chi connectivity index (χ4v) is 1.76. The van der Waals surface area contributed by atoms with Gasteiger partial charge in [0.25, 0.3) is 0 Å². The topological polar surface area (TPSA) is 70.1 Å². The number of rotatable bonds is 3. The van der Waals surface area contributed by atoms with Crippen LogP contribution in [-0.2, 0) is 0 Å². The summed E-state index contributed by atoms with van der Waals surface area (Å²) in [6.07, 6.45) is -3.04. The Labute approximate surface area is 111 Å². The van der Waals surface area contributed by atoms with Crippen molar-refractivity contribution in [3.63, 3.8) is 0 Å². The van der Waals surface area contributed by atoms with E-state index < -0.39 is 18.3 Å². The number of alkyl halides is 3. The summed E-state index contributed by atoms with van der Waals surface area (Å²) in [6.45, 7) is 0. The molecular formula is C12H10F3N3O2. The molecule has 0 fully saturated rings. The van der Waals surface area contributed by atoms with Crippen molar-refractivity contribution in [3.05, 3.63) is 48.3 Å². The molecule has 1 unspecified atom stereocenters. The third kappa shape index (κ3) is 3.08. The maximum Gasteiger partial charge on any atom is 0.415 e. The number of benzene rings is 1. The Morgan fingerprint density at radius 3 is 2.40 bits per heavy atom. The minimum absolute atomic E-state index is 0.0296. The van der Waals surface area contributed by atoms with Crippen LogP contribution in [0.3, 0.4) is 0 Å². The van der Waals surface area contributed by atoms with Crippen molar-refractivity contribution in [3.8, 4) is 5.75 Å². The van der Waals surface area contributed by atoms with Crippen molar-refractivity contribution in [2.24, 2.45) is 5.73 Å². The van der Waals surface area contributed by atoms with Gasteiger partial charge >= 0.3 is 12.3 Å². The Bertz CT molecular complexity index is 579. The van der Waals surface area contributed by atoms with Gasteiger partial charge in [0, 0.05) is 12.4 Å². The molecule has 2 rings (SSSR count). The first kappa shape index (κ1) is 13.9. The zero-order chi connectivity index (χ0) is 14.8. The van der Waals surface area contributed by atoms with E-state index in [1.807, 2.05) is 0 Å². The fourth-order valence-electron chi connectivity index (χ4n) is 1.76. The van der Waals surface area contributed by atoms with Gasteiger partial charge in [0.2, 0.25) is 0 Å². The van der Waals surface area contributed by atoms with Crippen LogP contribution in [0.15, 0.2) is 42.7 Å². The molecule has 1 heterocycles. The SMILES string of the molecule is NC(=O)Oc1ccc(C(n2cccn2)C(F)(F)F)cc1. The first-order chi connectivity index (χ1) is 9.38. The molecular weight excluding hydrogens is 275 g/mol. The molecule has 2 aromatic rings. The molecule has 0 spiro atoms. The van der Waals surface area contributed by atoms with Gasteiger partial charge in [-0.2, -0.15) is 18.3 Å². The quantitative estimate of drug-likeness (QED) is 0.941. The minimum Gasteiger partial charge on any atom is -0.411 e. The van der Waals surface area contributed by atoms with Gasteiger partial charge < -0.3 is 10.5 Å². The molecule has 1 aromatic heterocycles. The van der Waals surface area contributed by atoms with Crippen molar-refractivity contribution >= 4 is 6.09 Å². The van der Waals surface area contributed by atoms with Crippen LogP contribution >= 0.6 is 0 Å². The minimum atomic E-state index is -4.50. The smallest absolute Gasteiger partial charge is 0.411 e. The third-order valence-electron chi connectivity index (χ3n) is 2.51. The number of carbonyl (C=O) groups is 1. The van der Waals surface area contributed by atoms with Gasteiger partial charge in [-0.1, -0.05) is 12.1 Å². The van der Waals surface area contributed by atoms with Gasteiger partial charge in [-0.15, -0.1) is 0 Å². The van der Waals surface area contributed by atoms with Crippen LogP contribution in [0.5, 0.6) is 5.75 Å². The number of nitrogens with zero attached hydrogens (tertiary/aromatic N) is 2. The van der Waals surface area contributed by atoms with Crippen LogP contribution in [-0.4, -0.2) is 22.1 Å². The molecule has 1 amide bonds. The second kappa shape index (κ2) is 5.24. The average Bonchev–Trinajstić information content (AvgIpc) is 2.82. The van der Waals surface area contributed by atoms with Crippen LogP contribution in [0.25, 0.3) is 0 Å². The summed E-state index contributed by atoms with van der Waals surface area (Å²) in [7, 11) is 0. The van der Waals surface area contributed by atoms with E-state index in [4.69, 9.17) is 5.73 Å². The summed E-state index contributed by atoms with van der Waals surface area (Å²) in [4.78, 5) is 10.5. The highest BCUT2D eigenvalue weighted by Gasteiger charge is 2.42. The maximum absolute atomic E-state index is 13.1. The van der Waals surface area contributed by atoms with Crippen LogP contribution in [0.1, 0.15) is 11.6 Å². The predicted molar refractivity (Wildman–Crippen MR) is 63.1 cm³/mol. The average molecular weight is 285 g/mol. The van der Waals surface area contributed by atoms with Crippen molar-refractivity contribution in [1.29, 1.82) is 0 Å². The van der Waals surface area contributed by atoms with Crippen LogP contribution < -0.4 is 10.5 Å². The van der Waals surface area contributed by atoms with E-state index >= 15 is 0 Å². The number of ether oxygens (including phenoxy) is 1. The number of amides is 1. The zero-order valence-electron chi connectivity index (χ0n) is 10.0. The Hall–Kier alpha value is -2.51. The van der Waals surface area contributed by atoms with E-state index in [1.165, 1.54) is 42.7 Å². The molecule has 0 radical (unpaired) electrons. The number of aromatic nitrogens is 2. The van der Waals surface area contributed by atoms with Gasteiger partial charge in [-0.3, -0.25) is 4.68 Å². The normalized spacial score (nSPS) is 12.9. The van der Waals surface area contributed by atoms with Gasteiger partial charge in [0.15, 0.2) is 6.04 Å². The summed E-state index contributed by atoms with van der Waals surface area (Å²) in [5.74, 6) is 0.0719. The number of nitrogens with two attached hydrogens (primary N) is 1. The summed E-state index contributed by atoms with van der Waals surface area (Å²) in [5.41, 5.74) is 4.78. The lowest BCUT2D eigenvalue weighted by Crippen LogP contribution is -2.28. The Morgan fingerprint density at radius 2 is 1.95 bits per heavy atom. The van der Waals surface area contributed by atoms with E-state index in [-0.39, 0.29) is 11.3 Å². The second-order valence-electron chi connectivity index (χ2n) is 3.92. The predicted octanol–water partition coefficient (Wildman–Crippen LogP) is 2.49. The van der Waals surface area contributed by atoms with E-state index in [0.717, 1.165) is 4.68 Å². The van der Waals surface area contributed by atoms with E-state index in [1.54, 1.807) is 0 Å². The summed E-state index contributed by atoms with van der Waals surface area (Å²) in [5, 5.41) is 3.62. The van der Waals surface area contributed by atoms with Crippen molar-refractivity contribution in [2.45, 2.75) is 12.2 Å². The number of carbonyl (C=O) groups excluding carboxylic acids is 1. The highest BCUT2D eigenvalue weighted by atomic mass is 19.4. The second-order valence-corrected chi connectivity index (χ2v) is 3.92. The standard InChI is InChI=1S/C12H10F3N3O2/c13-12(14,15)10(18-7-1-6-17-18)8-2-4-9(5-3-8)20-11(16)19/h1-7,10H,(H2,16,19). The summed E-state index contributed by atoms with van der Waals surface area (Å²) >= 11 is 0. The first-order valence-corrected chi connectivity index (χ1v) is 5.51. The molecule has 0 aliphatic heterocycles. The number of hydrogen-bond donors (Lipinski definition) is 1. The number of halogens is 3. The lowest BCUT2D eigenvalue weighted by molar-refractivity contribution is -0.159. The molecule has 0 saturated heterocycles. The molecule has 8 heteroatoms. The largest absolute Gasteiger partial charge is 0.415 e. The van der Waals surface area contributed by atoms with Crippen LogP contribution in [0.4, 0.5) is 18.0 Å². The van der Waals surface area contributed by atoms with Crippen LogP contribution in [0.2, 0.25) is 0 Å². The van der Waals surface area contributed by atoms with Gasteiger partial charge in [-0.25, -0.2) is 4.79 Å². The van der Waals surface area contributed by atoms with Crippen LogP contribution in [0, 0.1) is 0 Å². The van der Waals surface area contributed by atoms with E-state index in [9.17, 15) is 18.0 Å². The zero-order valence-corrected chi connectivity index (χ0v) is 10.0. The molecule has 2 N–H and O–H groups in total. The Morgan fingerprint density at radius 1 is 1.30 bits per heavy atom. The molecule has 20 heavy (non-hydrogen) atoms. The number of primary amides is 1. The Balaban J connectivity index is 2.33. The molecule has 1 atom stereocenters. The molecule has 0 aliphatic rings. The molecule has 0 aliphatic carbocycles. The van der Waals surface area contributed by atoms with E-state index in [0.29, 0.717) is 0 Å². The van der Waals surface area contributed by atoms with E-state index in [2.05, 4.69) is 9.84 Å². The molecule has 106 valence electrons. The summed E-state index contributed by atoms with van der Waals surface area (Å²) in [6, 6.07) is 4.39. The molecule has 1 aromatic carbocycles. The highest BCUT2D eigenvalue weighted by Crippen LogP contribution is 2.36. The monoisotopic (exact) mass is 285 g/mol. The Kier molecular flexibility index (Phi) is 3.64. The number of hydrogen-bond acceptors (Lipinski definition) is 3. The fraction of sp³-hybridized carbons (Fsp3) is 0.167. The van der Waals surface area contributed by atoms with Gasteiger partial charge in [-0.05, 0) is 23.8 Å². The van der Waals surface area contributed by atoms with Crippen molar-refractivity contribution < 1.29 is 22.7 Å². The van der Waals surface area contributed by atoms with Gasteiger partial charge in [0.05, 0.1) is 0 Å². The van der Waals surface area contributed by atoms with Crippen molar-refractivity contribution in [2.75, 3.05) is 0 Å². The maximum atomic E-state index is 13.1. The molecule has 0 saturated carbocycles. The lowest BCUT2D eigenvalue weighted by Gasteiger charge is -2.21. The summed E-state index contributed by atoms with van der Waals surface area (Å²) < 4.78 is 44.7. The molecule has 5 nitrogen and oxygen atoms in total. The third-order valence-corrected chi connectivity index (χ3v) is 2.51. The highest BCUT2D eigenvalue weighted by molar-refractivity contribution is 5.68. The van der Waals surface area contributed by atoms with Crippen molar-refractivity contribution in [1.82, 2.24) is 9.78 Å². The first-order valence-electron chi connectivity index (χ1n) is 5.51. The lowest BCUT2D eigenvalue weighted by atomic mass is 10.1. The van der Waals surface area contributed by atoms with Gasteiger partial charge in [0.1, 0.15) is 5.75 Å².